The van der Waals surface area contributed by atoms with Gasteiger partial charge in [0.1, 0.15) is 0 Å². The van der Waals surface area contributed by atoms with E-state index in [4.69, 9.17) is 0 Å². The molecular formula is C21H36. The summed E-state index contributed by atoms with van der Waals surface area (Å²) in [5.41, 5.74) is 9.38. The van der Waals surface area contributed by atoms with E-state index in [1.165, 1.54) is 49.7 Å². The lowest BCUT2D eigenvalue weighted by Gasteiger charge is -2.24. The Kier molecular flexibility index (Phi) is 7.49. The zero-order valence-electron chi connectivity index (χ0n) is 15.5. The fourth-order valence-electron chi connectivity index (χ4n) is 3.90. The lowest BCUT2D eigenvalue weighted by molar-refractivity contribution is 0.564. The van der Waals surface area contributed by atoms with E-state index < -0.39 is 0 Å². The molecule has 21 heavy (non-hydrogen) atoms. The minimum Gasteiger partial charge on any atom is -0.0654 e. The van der Waals surface area contributed by atoms with Crippen LogP contribution in [-0.2, 0) is 6.42 Å². The molecule has 0 heteroatoms. The second kappa shape index (κ2) is 8.61. The second-order valence-corrected chi connectivity index (χ2v) is 6.85. The molecule has 0 aliphatic heterocycles. The Balaban J connectivity index is 2.89. The van der Waals surface area contributed by atoms with E-state index in [1.54, 1.807) is 22.3 Å². The first-order valence-corrected chi connectivity index (χ1v) is 9.04. The first-order chi connectivity index (χ1) is 9.95. The van der Waals surface area contributed by atoms with Crippen molar-refractivity contribution >= 4 is 0 Å². The van der Waals surface area contributed by atoms with Crippen LogP contribution < -0.4 is 0 Å². The molecule has 0 amide bonds. The van der Waals surface area contributed by atoms with Gasteiger partial charge in [-0.3, -0.25) is 0 Å². The van der Waals surface area contributed by atoms with E-state index in [-0.39, 0.29) is 0 Å². The molecule has 0 bridgehead atoms. The van der Waals surface area contributed by atoms with Crippen LogP contribution in [0.5, 0.6) is 0 Å². The van der Waals surface area contributed by atoms with E-state index in [1.807, 2.05) is 0 Å². The van der Waals surface area contributed by atoms with Crippen molar-refractivity contribution in [2.75, 3.05) is 0 Å². The number of benzene rings is 1. The highest BCUT2D eigenvalue weighted by Gasteiger charge is 2.17. The van der Waals surface area contributed by atoms with Crippen LogP contribution in [0.25, 0.3) is 0 Å². The number of hydrogen-bond donors (Lipinski definition) is 0. The van der Waals surface area contributed by atoms with Crippen molar-refractivity contribution in [3.8, 4) is 0 Å². The maximum absolute atomic E-state index is 2.43. The molecule has 0 fully saturated rings. The van der Waals surface area contributed by atoms with E-state index >= 15 is 0 Å². The van der Waals surface area contributed by atoms with Gasteiger partial charge in [-0.05, 0) is 79.8 Å². The summed E-state index contributed by atoms with van der Waals surface area (Å²) in [6.45, 7) is 16.3. The highest BCUT2D eigenvalue weighted by molar-refractivity contribution is 5.51. The molecule has 1 aromatic rings. The van der Waals surface area contributed by atoms with E-state index in [0.717, 1.165) is 6.42 Å². The fraction of sp³-hybridized carbons (Fsp3) is 0.714. The minimum atomic E-state index is 0.705. The van der Waals surface area contributed by atoms with Crippen molar-refractivity contribution in [3.05, 3.63) is 33.4 Å². The van der Waals surface area contributed by atoms with Crippen LogP contribution in [0.4, 0.5) is 0 Å². The third-order valence-corrected chi connectivity index (χ3v) is 5.43. The van der Waals surface area contributed by atoms with Crippen LogP contribution in [0.1, 0.15) is 98.6 Å². The van der Waals surface area contributed by atoms with Gasteiger partial charge in [0.15, 0.2) is 0 Å². The minimum absolute atomic E-state index is 0.705. The topological polar surface area (TPSA) is 0 Å². The van der Waals surface area contributed by atoms with E-state index in [9.17, 15) is 0 Å². The Morgan fingerprint density at radius 1 is 0.714 bits per heavy atom. The van der Waals surface area contributed by atoms with Gasteiger partial charge >= 0.3 is 0 Å². The molecule has 0 nitrogen and oxygen atoms in total. The summed E-state index contributed by atoms with van der Waals surface area (Å²) in [5.74, 6) is 0.705. The number of rotatable bonds is 8. The fourth-order valence-corrected chi connectivity index (χ4v) is 3.90. The molecule has 0 saturated carbocycles. The molecule has 0 saturated heterocycles. The highest BCUT2D eigenvalue weighted by atomic mass is 14.2. The molecule has 0 radical (unpaired) electrons. The average Bonchev–Trinajstić information content (AvgIpc) is 2.45. The van der Waals surface area contributed by atoms with Crippen molar-refractivity contribution in [2.24, 2.45) is 0 Å². The molecule has 0 spiro atoms. The predicted octanol–water partition coefficient (Wildman–Crippen LogP) is 6.95. The lowest BCUT2D eigenvalue weighted by Crippen LogP contribution is -2.08. The van der Waals surface area contributed by atoms with Crippen LogP contribution in [0.2, 0.25) is 0 Å². The van der Waals surface area contributed by atoms with Gasteiger partial charge < -0.3 is 0 Å². The zero-order valence-corrected chi connectivity index (χ0v) is 15.5. The summed E-state index contributed by atoms with van der Waals surface area (Å²) in [6.07, 6.45) is 9.44. The van der Waals surface area contributed by atoms with E-state index in [0.29, 0.717) is 5.92 Å². The standard InChI is InChI=1S/C21H36/c1-8-10-11-12-13-14-15(3)21-18(6)16(4)17(5)20(9-2)19(21)7/h15H,8-14H2,1-7H3. The first kappa shape index (κ1) is 18.3. The third-order valence-electron chi connectivity index (χ3n) is 5.43. The van der Waals surface area contributed by atoms with Crippen molar-refractivity contribution in [3.63, 3.8) is 0 Å². The molecule has 1 rings (SSSR count). The zero-order chi connectivity index (χ0) is 16.0. The largest absolute Gasteiger partial charge is 0.0654 e. The summed E-state index contributed by atoms with van der Waals surface area (Å²) >= 11 is 0. The summed E-state index contributed by atoms with van der Waals surface area (Å²) < 4.78 is 0. The summed E-state index contributed by atoms with van der Waals surface area (Å²) in [4.78, 5) is 0. The van der Waals surface area contributed by atoms with E-state index in [2.05, 4.69) is 48.5 Å². The molecule has 0 heterocycles. The van der Waals surface area contributed by atoms with Gasteiger partial charge in [0, 0.05) is 0 Å². The molecule has 1 unspecified atom stereocenters. The lowest BCUT2D eigenvalue weighted by atomic mass is 9.81. The molecule has 0 aliphatic carbocycles. The monoisotopic (exact) mass is 288 g/mol. The molecular weight excluding hydrogens is 252 g/mol. The molecule has 120 valence electrons. The van der Waals surface area contributed by atoms with Gasteiger partial charge in [0.2, 0.25) is 0 Å². The normalized spacial score (nSPS) is 12.7. The van der Waals surface area contributed by atoms with Crippen LogP contribution in [0.15, 0.2) is 0 Å². The first-order valence-electron chi connectivity index (χ1n) is 9.04. The molecule has 1 aromatic carbocycles. The summed E-state index contributed by atoms with van der Waals surface area (Å²) in [5, 5.41) is 0. The van der Waals surface area contributed by atoms with Gasteiger partial charge in [-0.15, -0.1) is 0 Å². The van der Waals surface area contributed by atoms with Crippen LogP contribution >= 0.6 is 0 Å². The maximum atomic E-state index is 2.43. The van der Waals surface area contributed by atoms with Crippen molar-refractivity contribution in [2.45, 2.75) is 99.3 Å². The van der Waals surface area contributed by atoms with Crippen molar-refractivity contribution in [1.82, 2.24) is 0 Å². The molecule has 1 atom stereocenters. The Labute approximate surface area is 133 Å². The van der Waals surface area contributed by atoms with Gasteiger partial charge in [-0.1, -0.05) is 52.9 Å². The van der Waals surface area contributed by atoms with Gasteiger partial charge in [-0.25, -0.2) is 0 Å². The Morgan fingerprint density at radius 3 is 1.90 bits per heavy atom. The van der Waals surface area contributed by atoms with Crippen molar-refractivity contribution in [1.29, 1.82) is 0 Å². The van der Waals surface area contributed by atoms with Gasteiger partial charge in [0.25, 0.3) is 0 Å². The Hall–Kier alpha value is -0.780. The maximum Gasteiger partial charge on any atom is -0.0185 e. The smallest absolute Gasteiger partial charge is 0.0185 e. The van der Waals surface area contributed by atoms with Gasteiger partial charge in [0.05, 0.1) is 0 Å². The van der Waals surface area contributed by atoms with Crippen LogP contribution in [0, 0.1) is 27.7 Å². The number of unbranched alkanes of at least 4 members (excludes halogenated alkanes) is 4. The van der Waals surface area contributed by atoms with Crippen molar-refractivity contribution < 1.29 is 0 Å². The molecule has 0 N–H and O–H groups in total. The van der Waals surface area contributed by atoms with Crippen LogP contribution in [0.3, 0.4) is 0 Å². The molecule has 0 aromatic heterocycles. The highest BCUT2D eigenvalue weighted by Crippen LogP contribution is 2.34. The average molecular weight is 289 g/mol. The SMILES string of the molecule is CCCCCCCC(C)c1c(C)c(C)c(C)c(CC)c1C. The Morgan fingerprint density at radius 2 is 1.33 bits per heavy atom. The quantitative estimate of drug-likeness (QED) is 0.454. The third kappa shape index (κ3) is 4.34. The van der Waals surface area contributed by atoms with Gasteiger partial charge in [-0.2, -0.15) is 0 Å². The predicted molar refractivity (Wildman–Crippen MR) is 96.6 cm³/mol. The number of hydrogen-bond acceptors (Lipinski definition) is 0. The Bertz CT molecular complexity index is 454. The summed E-state index contributed by atoms with van der Waals surface area (Å²) in [7, 11) is 0. The summed E-state index contributed by atoms with van der Waals surface area (Å²) in [6, 6.07) is 0. The molecule has 0 aliphatic rings. The second-order valence-electron chi connectivity index (χ2n) is 6.85. The van der Waals surface area contributed by atoms with Crippen LogP contribution in [-0.4, -0.2) is 0 Å².